The first kappa shape index (κ1) is 10.9. The highest BCUT2D eigenvalue weighted by atomic mass is 16.5. The van der Waals surface area contributed by atoms with Crippen LogP contribution in [-0.2, 0) is 0 Å². The van der Waals surface area contributed by atoms with E-state index < -0.39 is 0 Å². The van der Waals surface area contributed by atoms with E-state index in [1.54, 1.807) is 0 Å². The minimum atomic E-state index is 0.680. The van der Waals surface area contributed by atoms with Crippen LogP contribution in [0.25, 0.3) is 0 Å². The lowest BCUT2D eigenvalue weighted by molar-refractivity contribution is 0.321. The number of nitrogens with zero attached hydrogens (tertiary/aromatic N) is 1. The fraction of sp³-hybridized carbons (Fsp3) is 0.571. The fourth-order valence-corrected chi connectivity index (χ4v) is 2.85. The lowest BCUT2D eigenvalue weighted by Gasteiger charge is -2.35. The first-order chi connectivity index (χ1) is 8.45. The Balaban J connectivity index is 1.88. The molecule has 3 rings (SSSR count). The van der Waals surface area contributed by atoms with Crippen LogP contribution in [0.1, 0.15) is 19.3 Å². The first-order valence-electron chi connectivity index (χ1n) is 6.64. The van der Waals surface area contributed by atoms with E-state index >= 15 is 0 Å². The monoisotopic (exact) mass is 232 g/mol. The molecule has 2 aliphatic rings. The largest absolute Gasteiger partial charge is 0.491 e. The topological polar surface area (TPSA) is 24.5 Å². The fourth-order valence-electron chi connectivity index (χ4n) is 2.85. The molecule has 0 unspecified atom stereocenters. The van der Waals surface area contributed by atoms with Gasteiger partial charge in [-0.3, -0.25) is 0 Å². The maximum atomic E-state index is 5.81. The third-order valence-electron chi connectivity index (χ3n) is 3.73. The summed E-state index contributed by atoms with van der Waals surface area (Å²) in [6.07, 6.45) is 3.61. The van der Waals surface area contributed by atoms with Gasteiger partial charge in [0.25, 0.3) is 0 Å². The minimum absolute atomic E-state index is 0.680. The van der Waals surface area contributed by atoms with Crippen LogP contribution in [0.3, 0.4) is 0 Å². The van der Waals surface area contributed by atoms with Gasteiger partial charge in [-0.05, 0) is 44.5 Å². The van der Waals surface area contributed by atoms with Crippen molar-refractivity contribution in [3.05, 3.63) is 24.3 Å². The molecule has 1 aromatic carbocycles. The number of fused-ring (bicyclic) bond motifs is 1. The van der Waals surface area contributed by atoms with E-state index in [2.05, 4.69) is 34.5 Å². The molecular formula is C14H20N2O. The third-order valence-corrected chi connectivity index (χ3v) is 3.73. The Kier molecular flexibility index (Phi) is 3.18. The van der Waals surface area contributed by atoms with E-state index in [1.807, 2.05) is 0 Å². The van der Waals surface area contributed by atoms with Crippen molar-refractivity contribution in [3.8, 4) is 5.75 Å². The van der Waals surface area contributed by atoms with E-state index in [9.17, 15) is 0 Å². The molecule has 3 nitrogen and oxygen atoms in total. The Bertz CT molecular complexity index is 374. The number of nitrogens with one attached hydrogen (secondary N) is 1. The average molecular weight is 232 g/mol. The van der Waals surface area contributed by atoms with E-state index in [0.29, 0.717) is 6.04 Å². The van der Waals surface area contributed by atoms with Crippen LogP contribution < -0.4 is 15.0 Å². The van der Waals surface area contributed by atoms with Crippen molar-refractivity contribution >= 4 is 5.69 Å². The number of anilines is 1. The summed E-state index contributed by atoms with van der Waals surface area (Å²) in [4.78, 5) is 2.56. The Labute approximate surface area is 103 Å². The predicted molar refractivity (Wildman–Crippen MR) is 69.8 cm³/mol. The average Bonchev–Trinajstić information content (AvgIpc) is 2.62. The molecule has 1 fully saturated rings. The van der Waals surface area contributed by atoms with Crippen molar-refractivity contribution in [2.45, 2.75) is 25.3 Å². The highest BCUT2D eigenvalue weighted by molar-refractivity contribution is 5.59. The Morgan fingerprint density at radius 2 is 2.00 bits per heavy atom. The van der Waals surface area contributed by atoms with E-state index in [-0.39, 0.29) is 0 Å². The lowest BCUT2D eigenvalue weighted by atomic mass is 10.0. The Morgan fingerprint density at radius 3 is 2.88 bits per heavy atom. The highest BCUT2D eigenvalue weighted by Crippen LogP contribution is 2.33. The zero-order chi connectivity index (χ0) is 11.5. The van der Waals surface area contributed by atoms with Gasteiger partial charge in [-0.1, -0.05) is 12.1 Å². The van der Waals surface area contributed by atoms with Crippen LogP contribution in [0.5, 0.6) is 5.75 Å². The molecule has 1 aromatic rings. The summed E-state index contributed by atoms with van der Waals surface area (Å²) < 4.78 is 5.81. The molecule has 92 valence electrons. The van der Waals surface area contributed by atoms with E-state index in [0.717, 1.165) is 38.4 Å². The normalized spacial score (nSPS) is 21.5. The van der Waals surface area contributed by atoms with Gasteiger partial charge in [-0.15, -0.1) is 0 Å². The van der Waals surface area contributed by atoms with Crippen molar-refractivity contribution in [3.63, 3.8) is 0 Å². The zero-order valence-electron chi connectivity index (χ0n) is 10.2. The van der Waals surface area contributed by atoms with Gasteiger partial charge in [0.2, 0.25) is 0 Å². The molecule has 1 N–H and O–H groups in total. The van der Waals surface area contributed by atoms with Gasteiger partial charge in [-0.25, -0.2) is 0 Å². The molecule has 3 heteroatoms. The molecule has 1 saturated heterocycles. The van der Waals surface area contributed by atoms with Gasteiger partial charge in [0.1, 0.15) is 5.75 Å². The second kappa shape index (κ2) is 4.96. The number of piperidine rings is 1. The molecule has 0 bridgehead atoms. The number of para-hydroxylation sites is 2. The molecule has 2 heterocycles. The van der Waals surface area contributed by atoms with Gasteiger partial charge in [0, 0.05) is 12.6 Å². The summed E-state index contributed by atoms with van der Waals surface area (Å²) in [6.45, 7) is 4.26. The number of hydrogen-bond acceptors (Lipinski definition) is 3. The molecule has 0 aliphatic carbocycles. The third kappa shape index (κ3) is 2.25. The van der Waals surface area contributed by atoms with Crippen LogP contribution in [0.15, 0.2) is 24.3 Å². The number of benzene rings is 1. The van der Waals surface area contributed by atoms with Crippen LogP contribution >= 0.6 is 0 Å². The summed E-state index contributed by atoms with van der Waals surface area (Å²) in [7, 11) is 0. The molecule has 0 aromatic heterocycles. The zero-order valence-corrected chi connectivity index (χ0v) is 10.2. The maximum absolute atomic E-state index is 5.81. The summed E-state index contributed by atoms with van der Waals surface area (Å²) in [5, 5.41) is 3.44. The quantitative estimate of drug-likeness (QED) is 0.802. The Hall–Kier alpha value is -1.22. The molecular weight excluding hydrogens is 212 g/mol. The van der Waals surface area contributed by atoms with Crippen LogP contribution in [-0.4, -0.2) is 32.3 Å². The summed E-state index contributed by atoms with van der Waals surface area (Å²) in [6, 6.07) is 9.14. The van der Waals surface area contributed by atoms with Crippen molar-refractivity contribution in [1.82, 2.24) is 5.32 Å². The molecule has 0 saturated carbocycles. The second-order valence-corrected chi connectivity index (χ2v) is 4.84. The van der Waals surface area contributed by atoms with Crippen molar-refractivity contribution < 1.29 is 4.74 Å². The Morgan fingerprint density at radius 1 is 1.18 bits per heavy atom. The smallest absolute Gasteiger partial charge is 0.142 e. The van der Waals surface area contributed by atoms with Gasteiger partial charge in [0.05, 0.1) is 12.3 Å². The van der Waals surface area contributed by atoms with Crippen molar-refractivity contribution in [2.75, 3.05) is 31.1 Å². The van der Waals surface area contributed by atoms with Crippen LogP contribution in [0.4, 0.5) is 5.69 Å². The van der Waals surface area contributed by atoms with E-state index in [1.165, 1.54) is 18.5 Å². The highest BCUT2D eigenvalue weighted by Gasteiger charge is 2.24. The number of hydrogen-bond donors (Lipinski definition) is 1. The van der Waals surface area contributed by atoms with Crippen LogP contribution in [0, 0.1) is 0 Å². The SMILES string of the molecule is c1ccc2c(c1)OCCCN2C1CCNCC1. The lowest BCUT2D eigenvalue weighted by Crippen LogP contribution is -2.43. The maximum Gasteiger partial charge on any atom is 0.142 e. The second-order valence-electron chi connectivity index (χ2n) is 4.84. The minimum Gasteiger partial charge on any atom is -0.491 e. The van der Waals surface area contributed by atoms with Gasteiger partial charge >= 0.3 is 0 Å². The molecule has 0 amide bonds. The molecule has 17 heavy (non-hydrogen) atoms. The first-order valence-corrected chi connectivity index (χ1v) is 6.64. The molecule has 0 atom stereocenters. The molecule has 2 aliphatic heterocycles. The summed E-state index contributed by atoms with van der Waals surface area (Å²) in [5.41, 5.74) is 1.29. The number of rotatable bonds is 1. The van der Waals surface area contributed by atoms with Crippen molar-refractivity contribution in [1.29, 1.82) is 0 Å². The van der Waals surface area contributed by atoms with E-state index in [4.69, 9.17) is 4.74 Å². The molecule has 0 radical (unpaired) electrons. The van der Waals surface area contributed by atoms with Gasteiger partial charge < -0.3 is 15.0 Å². The molecule has 0 spiro atoms. The van der Waals surface area contributed by atoms with Gasteiger partial charge in [-0.2, -0.15) is 0 Å². The van der Waals surface area contributed by atoms with Gasteiger partial charge in [0.15, 0.2) is 0 Å². The standard InChI is InChI=1S/C14H20N2O/c1-2-5-14-13(4-1)16(10-3-11-17-14)12-6-8-15-9-7-12/h1-2,4-5,12,15H,3,6-11H2. The summed E-state index contributed by atoms with van der Waals surface area (Å²) in [5.74, 6) is 1.06. The predicted octanol–water partition coefficient (Wildman–Crippen LogP) is 2.03. The van der Waals surface area contributed by atoms with Crippen LogP contribution in [0.2, 0.25) is 0 Å². The number of ether oxygens (including phenoxy) is 1. The summed E-state index contributed by atoms with van der Waals surface area (Å²) >= 11 is 0. The van der Waals surface area contributed by atoms with Crippen molar-refractivity contribution in [2.24, 2.45) is 0 Å².